The van der Waals surface area contributed by atoms with Crippen molar-refractivity contribution in [3.63, 3.8) is 0 Å². The molecule has 19 heavy (non-hydrogen) atoms. The Labute approximate surface area is 119 Å². The normalized spacial score (nSPS) is 12.5. The molecule has 2 aromatic rings. The number of aryl methyl sites for hydroxylation is 1. The molecule has 4 heteroatoms. The number of halogens is 3. The number of hydrogen-bond acceptors (Lipinski definition) is 1. The van der Waals surface area contributed by atoms with E-state index in [1.165, 1.54) is 12.1 Å². The summed E-state index contributed by atoms with van der Waals surface area (Å²) in [6.45, 7) is 1.99. The molecule has 0 saturated carbocycles. The van der Waals surface area contributed by atoms with E-state index in [-0.39, 0.29) is 6.04 Å². The molecule has 100 valence electrons. The molecule has 0 aromatic heterocycles. The van der Waals surface area contributed by atoms with Gasteiger partial charge in [0.15, 0.2) is 0 Å². The first-order valence-electron chi connectivity index (χ1n) is 5.93. The maximum Gasteiger partial charge on any atom is 0.129 e. The molecule has 2 N–H and O–H groups in total. The Morgan fingerprint density at radius 2 is 1.89 bits per heavy atom. The van der Waals surface area contributed by atoms with Crippen molar-refractivity contribution in [2.45, 2.75) is 19.4 Å². The molecule has 0 bridgehead atoms. The SMILES string of the molecule is Cc1ccc(C(N)Cc2ccc(F)cc2F)cc1Br. The summed E-state index contributed by atoms with van der Waals surface area (Å²) in [4.78, 5) is 0. The zero-order valence-electron chi connectivity index (χ0n) is 10.5. The monoisotopic (exact) mass is 325 g/mol. The quantitative estimate of drug-likeness (QED) is 0.895. The van der Waals surface area contributed by atoms with E-state index in [0.717, 1.165) is 21.7 Å². The molecule has 0 heterocycles. The Hall–Kier alpha value is -1.26. The van der Waals surface area contributed by atoms with Crippen LogP contribution in [-0.2, 0) is 6.42 Å². The van der Waals surface area contributed by atoms with Gasteiger partial charge in [0, 0.05) is 16.6 Å². The van der Waals surface area contributed by atoms with Gasteiger partial charge in [0.1, 0.15) is 11.6 Å². The summed E-state index contributed by atoms with van der Waals surface area (Å²) in [6.07, 6.45) is 0.335. The summed E-state index contributed by atoms with van der Waals surface area (Å²) in [5.74, 6) is -1.13. The molecule has 0 amide bonds. The molecule has 0 radical (unpaired) electrons. The highest BCUT2D eigenvalue weighted by atomic mass is 79.9. The van der Waals surface area contributed by atoms with E-state index in [2.05, 4.69) is 15.9 Å². The zero-order valence-corrected chi connectivity index (χ0v) is 12.0. The smallest absolute Gasteiger partial charge is 0.129 e. The molecule has 0 aliphatic rings. The van der Waals surface area contributed by atoms with Gasteiger partial charge in [-0.25, -0.2) is 8.78 Å². The average molecular weight is 326 g/mol. The summed E-state index contributed by atoms with van der Waals surface area (Å²) in [5, 5.41) is 0. The second kappa shape index (κ2) is 5.80. The third-order valence-corrected chi connectivity index (χ3v) is 3.93. The fraction of sp³-hybridized carbons (Fsp3) is 0.200. The maximum atomic E-state index is 13.6. The van der Waals surface area contributed by atoms with Crippen LogP contribution in [0.1, 0.15) is 22.7 Å². The second-order valence-corrected chi connectivity index (χ2v) is 5.41. The van der Waals surface area contributed by atoms with Crippen LogP contribution in [0.15, 0.2) is 40.9 Å². The summed E-state index contributed by atoms with van der Waals surface area (Å²) < 4.78 is 27.4. The lowest BCUT2D eigenvalue weighted by Crippen LogP contribution is -2.14. The first-order chi connectivity index (χ1) is 8.97. The van der Waals surface area contributed by atoms with E-state index in [4.69, 9.17) is 5.73 Å². The van der Waals surface area contributed by atoms with Gasteiger partial charge in [0.25, 0.3) is 0 Å². The van der Waals surface area contributed by atoms with Crippen LogP contribution in [0, 0.1) is 18.6 Å². The Morgan fingerprint density at radius 3 is 2.53 bits per heavy atom. The largest absolute Gasteiger partial charge is 0.324 e. The van der Waals surface area contributed by atoms with Crippen LogP contribution in [0.2, 0.25) is 0 Å². The van der Waals surface area contributed by atoms with Crippen LogP contribution < -0.4 is 5.73 Å². The van der Waals surface area contributed by atoms with Crippen molar-refractivity contribution in [1.82, 2.24) is 0 Å². The van der Waals surface area contributed by atoms with Gasteiger partial charge < -0.3 is 5.73 Å². The van der Waals surface area contributed by atoms with Crippen molar-refractivity contribution < 1.29 is 8.78 Å². The predicted molar refractivity (Wildman–Crippen MR) is 75.9 cm³/mol. The highest BCUT2D eigenvalue weighted by Gasteiger charge is 2.12. The lowest BCUT2D eigenvalue weighted by atomic mass is 9.98. The molecule has 1 atom stereocenters. The van der Waals surface area contributed by atoms with Gasteiger partial charge >= 0.3 is 0 Å². The number of hydrogen-bond donors (Lipinski definition) is 1. The minimum atomic E-state index is -0.576. The Bertz CT molecular complexity index is 599. The minimum Gasteiger partial charge on any atom is -0.324 e. The lowest BCUT2D eigenvalue weighted by Gasteiger charge is -2.14. The van der Waals surface area contributed by atoms with Gasteiger partial charge in [-0.3, -0.25) is 0 Å². The van der Waals surface area contributed by atoms with Crippen molar-refractivity contribution in [1.29, 1.82) is 0 Å². The van der Waals surface area contributed by atoms with E-state index in [0.29, 0.717) is 12.0 Å². The standard InChI is InChI=1S/C15H14BrF2N/c1-9-2-3-11(6-13(9)16)15(19)7-10-4-5-12(17)8-14(10)18/h2-6,8,15H,7,19H2,1H3. The van der Waals surface area contributed by atoms with Crippen molar-refractivity contribution >= 4 is 15.9 Å². The lowest BCUT2D eigenvalue weighted by molar-refractivity contribution is 0.563. The predicted octanol–water partition coefficient (Wildman–Crippen LogP) is 4.28. The van der Waals surface area contributed by atoms with E-state index < -0.39 is 11.6 Å². The second-order valence-electron chi connectivity index (χ2n) is 4.55. The molecule has 1 nitrogen and oxygen atoms in total. The summed E-state index contributed by atoms with van der Waals surface area (Å²) in [7, 11) is 0. The molecule has 0 fully saturated rings. The minimum absolute atomic E-state index is 0.322. The van der Waals surface area contributed by atoms with Crippen LogP contribution in [0.25, 0.3) is 0 Å². The third-order valence-electron chi connectivity index (χ3n) is 3.08. The van der Waals surface area contributed by atoms with Crippen LogP contribution in [0.5, 0.6) is 0 Å². The van der Waals surface area contributed by atoms with E-state index in [1.807, 2.05) is 25.1 Å². The first kappa shape index (κ1) is 14.2. The topological polar surface area (TPSA) is 26.0 Å². The van der Waals surface area contributed by atoms with Gasteiger partial charge in [0.2, 0.25) is 0 Å². The number of benzene rings is 2. The molecule has 1 unspecified atom stereocenters. The molecular weight excluding hydrogens is 312 g/mol. The van der Waals surface area contributed by atoms with Crippen LogP contribution >= 0.6 is 15.9 Å². The summed E-state index contributed by atoms with van der Waals surface area (Å²) in [5.41, 5.74) is 8.53. The maximum absolute atomic E-state index is 13.6. The van der Waals surface area contributed by atoms with Crippen molar-refractivity contribution in [2.75, 3.05) is 0 Å². The first-order valence-corrected chi connectivity index (χ1v) is 6.72. The number of rotatable bonds is 3. The van der Waals surface area contributed by atoms with Gasteiger partial charge in [-0.15, -0.1) is 0 Å². The Morgan fingerprint density at radius 1 is 1.16 bits per heavy atom. The molecule has 2 rings (SSSR count). The molecule has 0 spiro atoms. The van der Waals surface area contributed by atoms with E-state index >= 15 is 0 Å². The molecule has 2 aromatic carbocycles. The van der Waals surface area contributed by atoms with Crippen LogP contribution in [0.4, 0.5) is 8.78 Å². The Balaban J connectivity index is 2.20. The summed E-state index contributed by atoms with van der Waals surface area (Å²) in [6, 6.07) is 9.06. The highest BCUT2D eigenvalue weighted by molar-refractivity contribution is 9.10. The molecule has 0 aliphatic heterocycles. The third kappa shape index (κ3) is 3.39. The average Bonchev–Trinajstić information content (AvgIpc) is 2.36. The molecular formula is C15H14BrF2N. The fourth-order valence-electron chi connectivity index (χ4n) is 1.88. The van der Waals surface area contributed by atoms with E-state index in [1.54, 1.807) is 0 Å². The fourth-order valence-corrected chi connectivity index (χ4v) is 2.28. The molecule has 0 aliphatic carbocycles. The Kier molecular flexibility index (Phi) is 4.32. The van der Waals surface area contributed by atoms with Crippen molar-refractivity contribution in [2.24, 2.45) is 5.73 Å². The van der Waals surface area contributed by atoms with Gasteiger partial charge in [-0.2, -0.15) is 0 Å². The zero-order chi connectivity index (χ0) is 14.0. The van der Waals surface area contributed by atoms with Gasteiger partial charge in [-0.1, -0.05) is 34.1 Å². The highest BCUT2D eigenvalue weighted by Crippen LogP contribution is 2.23. The van der Waals surface area contributed by atoms with Crippen molar-refractivity contribution in [3.8, 4) is 0 Å². The van der Waals surface area contributed by atoms with Crippen molar-refractivity contribution in [3.05, 3.63) is 69.2 Å². The van der Waals surface area contributed by atoms with Crippen LogP contribution in [-0.4, -0.2) is 0 Å². The van der Waals surface area contributed by atoms with Crippen LogP contribution in [0.3, 0.4) is 0 Å². The summed E-state index contributed by atoms with van der Waals surface area (Å²) >= 11 is 3.44. The van der Waals surface area contributed by atoms with E-state index in [9.17, 15) is 8.78 Å². The number of nitrogens with two attached hydrogens (primary N) is 1. The van der Waals surface area contributed by atoms with Gasteiger partial charge in [-0.05, 0) is 42.2 Å². The molecule has 0 saturated heterocycles. The van der Waals surface area contributed by atoms with Gasteiger partial charge in [0.05, 0.1) is 0 Å².